The van der Waals surface area contributed by atoms with E-state index in [1.165, 1.54) is 5.56 Å². The van der Waals surface area contributed by atoms with Crippen LogP contribution in [-0.4, -0.2) is 23.2 Å². The van der Waals surface area contributed by atoms with Crippen molar-refractivity contribution in [1.29, 1.82) is 0 Å². The van der Waals surface area contributed by atoms with Crippen LogP contribution in [0.2, 0.25) is 0 Å². The van der Waals surface area contributed by atoms with Gasteiger partial charge in [-0.15, -0.1) is 0 Å². The minimum absolute atomic E-state index is 0.0306. The lowest BCUT2D eigenvalue weighted by Crippen LogP contribution is -2.49. The zero-order valence-corrected chi connectivity index (χ0v) is 11.8. The molecule has 19 heavy (non-hydrogen) atoms. The van der Waals surface area contributed by atoms with E-state index in [4.69, 9.17) is 0 Å². The van der Waals surface area contributed by atoms with Crippen LogP contribution in [0.3, 0.4) is 0 Å². The van der Waals surface area contributed by atoms with Crippen molar-refractivity contribution < 1.29 is 9.90 Å². The Morgan fingerprint density at radius 2 is 1.84 bits per heavy atom. The summed E-state index contributed by atoms with van der Waals surface area (Å²) >= 11 is 0. The molecule has 0 bridgehead atoms. The van der Waals surface area contributed by atoms with Gasteiger partial charge in [0.2, 0.25) is 0 Å². The Kier molecular flexibility index (Phi) is 4.25. The Morgan fingerprint density at radius 3 is 2.32 bits per heavy atom. The highest BCUT2D eigenvalue weighted by atomic mass is 16.3. The molecular weight excluding hydrogens is 238 g/mol. The molecule has 2 rings (SSSR count). The van der Waals surface area contributed by atoms with E-state index < -0.39 is 5.54 Å². The number of carbonyl (C=O) groups is 1. The molecule has 1 aromatic carbocycles. The normalized spacial score (nSPS) is 17.7. The fraction of sp³-hybridized carbons (Fsp3) is 0.562. The molecule has 1 aliphatic rings. The summed E-state index contributed by atoms with van der Waals surface area (Å²) in [6, 6.07) is 7.73. The SMILES string of the molecule is CC(C)c1ccc(C(=O)NC2(CO)CCCC2)cc1. The first-order valence-corrected chi connectivity index (χ1v) is 7.10. The maximum absolute atomic E-state index is 12.2. The van der Waals surface area contributed by atoms with Gasteiger partial charge in [0.1, 0.15) is 0 Å². The highest BCUT2D eigenvalue weighted by Gasteiger charge is 2.34. The molecule has 1 aromatic rings. The first kappa shape index (κ1) is 14.1. The average molecular weight is 261 g/mol. The van der Waals surface area contributed by atoms with E-state index in [0.29, 0.717) is 11.5 Å². The molecular formula is C16H23NO2. The van der Waals surface area contributed by atoms with Gasteiger partial charge in [-0.05, 0) is 36.5 Å². The van der Waals surface area contributed by atoms with Gasteiger partial charge in [-0.2, -0.15) is 0 Å². The van der Waals surface area contributed by atoms with Crippen LogP contribution in [0, 0.1) is 0 Å². The topological polar surface area (TPSA) is 49.3 Å². The largest absolute Gasteiger partial charge is 0.394 e. The number of nitrogens with one attached hydrogen (secondary N) is 1. The van der Waals surface area contributed by atoms with Gasteiger partial charge in [0.05, 0.1) is 12.1 Å². The van der Waals surface area contributed by atoms with Gasteiger partial charge >= 0.3 is 0 Å². The second-order valence-electron chi connectivity index (χ2n) is 5.88. The first-order chi connectivity index (χ1) is 9.06. The number of amides is 1. The number of carbonyl (C=O) groups excluding carboxylic acids is 1. The maximum Gasteiger partial charge on any atom is 0.251 e. The van der Waals surface area contributed by atoms with E-state index in [-0.39, 0.29) is 12.5 Å². The van der Waals surface area contributed by atoms with E-state index in [1.54, 1.807) is 0 Å². The Labute approximate surface area is 115 Å². The van der Waals surface area contributed by atoms with E-state index in [1.807, 2.05) is 24.3 Å². The predicted molar refractivity (Wildman–Crippen MR) is 76.3 cm³/mol. The standard InChI is InChI=1S/C16H23NO2/c1-12(2)13-5-7-14(8-6-13)15(19)17-16(11-18)9-3-4-10-16/h5-8,12,18H,3-4,9-11H2,1-2H3,(H,17,19). The number of aliphatic hydroxyl groups excluding tert-OH is 1. The number of benzene rings is 1. The molecule has 3 heteroatoms. The second-order valence-corrected chi connectivity index (χ2v) is 5.88. The monoisotopic (exact) mass is 261 g/mol. The Hall–Kier alpha value is -1.35. The number of aliphatic hydroxyl groups is 1. The average Bonchev–Trinajstić information content (AvgIpc) is 2.88. The summed E-state index contributed by atoms with van der Waals surface area (Å²) in [5, 5.41) is 12.5. The summed E-state index contributed by atoms with van der Waals surface area (Å²) in [5.41, 5.74) is 1.51. The third-order valence-corrected chi connectivity index (χ3v) is 4.08. The smallest absolute Gasteiger partial charge is 0.251 e. The van der Waals surface area contributed by atoms with E-state index in [9.17, 15) is 9.90 Å². The molecule has 3 nitrogen and oxygen atoms in total. The summed E-state index contributed by atoms with van der Waals surface area (Å²) < 4.78 is 0. The summed E-state index contributed by atoms with van der Waals surface area (Å²) in [5.74, 6) is 0.391. The molecule has 0 saturated heterocycles. The number of rotatable bonds is 4. The van der Waals surface area contributed by atoms with Crippen LogP contribution in [0.15, 0.2) is 24.3 Å². The van der Waals surface area contributed by atoms with Crippen LogP contribution in [0.1, 0.15) is 61.4 Å². The van der Waals surface area contributed by atoms with E-state index in [2.05, 4.69) is 19.2 Å². The highest BCUT2D eigenvalue weighted by Crippen LogP contribution is 2.29. The summed E-state index contributed by atoms with van der Waals surface area (Å²) in [6.45, 7) is 4.30. The van der Waals surface area contributed by atoms with Crippen molar-refractivity contribution in [3.63, 3.8) is 0 Å². The van der Waals surface area contributed by atoms with Gasteiger partial charge in [-0.25, -0.2) is 0 Å². The van der Waals surface area contributed by atoms with Crippen molar-refractivity contribution in [1.82, 2.24) is 5.32 Å². The lowest BCUT2D eigenvalue weighted by atomic mass is 9.97. The zero-order chi connectivity index (χ0) is 13.9. The van der Waals surface area contributed by atoms with E-state index in [0.717, 1.165) is 25.7 Å². The van der Waals surface area contributed by atoms with Crippen molar-refractivity contribution in [3.8, 4) is 0 Å². The van der Waals surface area contributed by atoms with Gasteiger partial charge in [0, 0.05) is 5.56 Å². The van der Waals surface area contributed by atoms with Crippen LogP contribution >= 0.6 is 0 Å². The predicted octanol–water partition coefficient (Wildman–Crippen LogP) is 2.84. The van der Waals surface area contributed by atoms with Crippen LogP contribution in [0.5, 0.6) is 0 Å². The molecule has 1 amide bonds. The summed E-state index contributed by atoms with van der Waals surface area (Å²) in [4.78, 5) is 12.2. The molecule has 0 spiro atoms. The van der Waals surface area contributed by atoms with Crippen LogP contribution in [0.4, 0.5) is 0 Å². The van der Waals surface area contributed by atoms with Crippen molar-refractivity contribution in [3.05, 3.63) is 35.4 Å². The molecule has 0 heterocycles. The Morgan fingerprint density at radius 1 is 1.26 bits per heavy atom. The minimum atomic E-state index is -0.395. The second kappa shape index (κ2) is 5.74. The van der Waals surface area contributed by atoms with Crippen molar-refractivity contribution in [2.24, 2.45) is 0 Å². The zero-order valence-electron chi connectivity index (χ0n) is 11.8. The van der Waals surface area contributed by atoms with Crippen LogP contribution in [0.25, 0.3) is 0 Å². The maximum atomic E-state index is 12.2. The van der Waals surface area contributed by atoms with Gasteiger partial charge in [0.15, 0.2) is 0 Å². The Balaban J connectivity index is 2.07. The first-order valence-electron chi connectivity index (χ1n) is 7.10. The molecule has 0 radical (unpaired) electrons. The van der Waals surface area contributed by atoms with Crippen molar-refractivity contribution in [2.75, 3.05) is 6.61 Å². The highest BCUT2D eigenvalue weighted by molar-refractivity contribution is 5.94. The molecule has 0 unspecified atom stereocenters. The third kappa shape index (κ3) is 3.16. The van der Waals surface area contributed by atoms with Crippen LogP contribution < -0.4 is 5.32 Å². The number of hydrogen-bond donors (Lipinski definition) is 2. The van der Waals surface area contributed by atoms with Crippen molar-refractivity contribution in [2.45, 2.75) is 51.0 Å². The molecule has 0 aromatic heterocycles. The molecule has 1 aliphatic carbocycles. The lowest BCUT2D eigenvalue weighted by molar-refractivity contribution is 0.0838. The van der Waals surface area contributed by atoms with Gasteiger partial charge in [0.25, 0.3) is 5.91 Å². The van der Waals surface area contributed by atoms with Gasteiger partial charge in [-0.3, -0.25) is 4.79 Å². The third-order valence-electron chi connectivity index (χ3n) is 4.08. The summed E-state index contributed by atoms with van der Waals surface area (Å²) in [6.07, 6.45) is 3.90. The molecule has 0 atom stereocenters. The van der Waals surface area contributed by atoms with Crippen molar-refractivity contribution >= 4 is 5.91 Å². The fourth-order valence-corrected chi connectivity index (χ4v) is 2.71. The molecule has 2 N–H and O–H groups in total. The quantitative estimate of drug-likeness (QED) is 0.875. The number of hydrogen-bond acceptors (Lipinski definition) is 2. The molecule has 1 fully saturated rings. The van der Waals surface area contributed by atoms with Crippen LogP contribution in [-0.2, 0) is 0 Å². The molecule has 0 aliphatic heterocycles. The van der Waals surface area contributed by atoms with Gasteiger partial charge in [-0.1, -0.05) is 38.8 Å². The fourth-order valence-electron chi connectivity index (χ4n) is 2.71. The Bertz CT molecular complexity index is 431. The van der Waals surface area contributed by atoms with Gasteiger partial charge < -0.3 is 10.4 Å². The van der Waals surface area contributed by atoms with E-state index >= 15 is 0 Å². The molecule has 1 saturated carbocycles. The summed E-state index contributed by atoms with van der Waals surface area (Å²) in [7, 11) is 0. The molecule has 104 valence electrons. The minimum Gasteiger partial charge on any atom is -0.394 e. The lowest BCUT2D eigenvalue weighted by Gasteiger charge is -2.28.